The van der Waals surface area contributed by atoms with Crippen LogP contribution in [0.2, 0.25) is 0 Å². The van der Waals surface area contributed by atoms with Crippen LogP contribution in [0.4, 0.5) is 5.95 Å². The third-order valence-electron chi connectivity index (χ3n) is 4.50. The predicted molar refractivity (Wildman–Crippen MR) is 101 cm³/mol. The summed E-state index contributed by atoms with van der Waals surface area (Å²) < 4.78 is 7.49. The van der Waals surface area contributed by atoms with Crippen LogP contribution in [0.5, 0.6) is 5.75 Å². The summed E-state index contributed by atoms with van der Waals surface area (Å²) in [6, 6.07) is 17.1. The minimum Gasteiger partial charge on any atom is -0.489 e. The molecule has 1 aliphatic heterocycles. The number of amides is 1. The van der Waals surface area contributed by atoms with Crippen molar-refractivity contribution in [3.8, 4) is 5.75 Å². The first-order valence-corrected chi connectivity index (χ1v) is 8.57. The van der Waals surface area contributed by atoms with E-state index in [4.69, 9.17) is 10.5 Å². The van der Waals surface area contributed by atoms with Gasteiger partial charge in [-0.15, -0.1) is 0 Å². The van der Waals surface area contributed by atoms with Crippen molar-refractivity contribution in [1.82, 2.24) is 14.8 Å². The fourth-order valence-electron chi connectivity index (χ4n) is 3.21. The molecule has 7 heteroatoms. The van der Waals surface area contributed by atoms with E-state index in [9.17, 15) is 4.79 Å². The third-order valence-corrected chi connectivity index (χ3v) is 4.50. The molecule has 0 radical (unpaired) electrons. The van der Waals surface area contributed by atoms with Gasteiger partial charge >= 0.3 is 0 Å². The maximum absolute atomic E-state index is 12.0. The van der Waals surface area contributed by atoms with Gasteiger partial charge in [-0.25, -0.2) is 4.68 Å². The van der Waals surface area contributed by atoms with E-state index in [0.717, 1.165) is 16.9 Å². The monoisotopic (exact) mass is 361 g/mol. The first kappa shape index (κ1) is 16.8. The van der Waals surface area contributed by atoms with Crippen LogP contribution in [-0.4, -0.2) is 20.7 Å². The SMILES string of the molecule is CC1=C(C(N)=O)[C@H](c2ccc(OCc3ccccc3)cc2)n2ncnc2N1. The number of benzene rings is 2. The van der Waals surface area contributed by atoms with E-state index in [0.29, 0.717) is 23.8 Å². The van der Waals surface area contributed by atoms with Crippen molar-refractivity contribution in [3.05, 3.63) is 83.3 Å². The summed E-state index contributed by atoms with van der Waals surface area (Å²) >= 11 is 0. The Morgan fingerprint density at radius 3 is 2.63 bits per heavy atom. The van der Waals surface area contributed by atoms with Crippen LogP contribution in [0.25, 0.3) is 0 Å². The zero-order chi connectivity index (χ0) is 18.8. The van der Waals surface area contributed by atoms with Crippen LogP contribution in [0, 0.1) is 0 Å². The van der Waals surface area contributed by atoms with Crippen LogP contribution in [0.3, 0.4) is 0 Å². The summed E-state index contributed by atoms with van der Waals surface area (Å²) in [5.41, 5.74) is 8.75. The summed E-state index contributed by atoms with van der Waals surface area (Å²) in [4.78, 5) is 16.2. The molecule has 0 fully saturated rings. The van der Waals surface area contributed by atoms with Gasteiger partial charge in [0.1, 0.15) is 24.7 Å². The van der Waals surface area contributed by atoms with Gasteiger partial charge in [0.05, 0.1) is 5.57 Å². The Balaban J connectivity index is 1.60. The highest BCUT2D eigenvalue weighted by Crippen LogP contribution is 2.34. The van der Waals surface area contributed by atoms with Gasteiger partial charge in [0.2, 0.25) is 11.9 Å². The number of carbonyl (C=O) groups excluding carboxylic acids is 1. The molecule has 0 bridgehead atoms. The lowest BCUT2D eigenvalue weighted by atomic mass is 9.95. The number of aromatic nitrogens is 3. The maximum Gasteiger partial charge on any atom is 0.248 e. The Bertz CT molecular complexity index is 993. The fraction of sp³-hybridized carbons (Fsp3) is 0.150. The minimum atomic E-state index is -0.490. The first-order valence-electron chi connectivity index (χ1n) is 8.57. The molecule has 1 amide bonds. The van der Waals surface area contributed by atoms with Crippen molar-refractivity contribution >= 4 is 11.9 Å². The number of fused-ring (bicyclic) bond motifs is 1. The van der Waals surface area contributed by atoms with E-state index in [-0.39, 0.29) is 0 Å². The van der Waals surface area contributed by atoms with Gasteiger partial charge in [-0.3, -0.25) is 4.79 Å². The number of nitrogens with two attached hydrogens (primary N) is 1. The molecule has 1 atom stereocenters. The lowest BCUT2D eigenvalue weighted by Crippen LogP contribution is -2.31. The minimum absolute atomic E-state index is 0.426. The number of ether oxygens (including phenoxy) is 1. The van der Waals surface area contributed by atoms with Gasteiger partial charge in [0, 0.05) is 5.70 Å². The van der Waals surface area contributed by atoms with Crippen molar-refractivity contribution in [1.29, 1.82) is 0 Å². The number of nitrogens with one attached hydrogen (secondary N) is 1. The smallest absolute Gasteiger partial charge is 0.248 e. The number of carbonyl (C=O) groups is 1. The van der Waals surface area contributed by atoms with Crippen molar-refractivity contribution in [2.75, 3.05) is 5.32 Å². The molecule has 1 aromatic heterocycles. The number of anilines is 1. The quantitative estimate of drug-likeness (QED) is 0.728. The van der Waals surface area contributed by atoms with Gasteiger partial charge in [-0.2, -0.15) is 10.1 Å². The van der Waals surface area contributed by atoms with E-state index in [2.05, 4.69) is 15.4 Å². The molecule has 27 heavy (non-hydrogen) atoms. The zero-order valence-corrected chi connectivity index (χ0v) is 14.8. The molecule has 0 unspecified atom stereocenters. The van der Waals surface area contributed by atoms with E-state index < -0.39 is 11.9 Å². The highest BCUT2D eigenvalue weighted by Gasteiger charge is 2.32. The average Bonchev–Trinajstić information content (AvgIpc) is 3.14. The van der Waals surface area contributed by atoms with E-state index in [1.54, 1.807) is 4.68 Å². The number of allylic oxidation sites excluding steroid dienone is 1. The Morgan fingerprint density at radius 1 is 1.19 bits per heavy atom. The molecule has 3 N–H and O–H groups in total. The summed E-state index contributed by atoms with van der Waals surface area (Å²) in [5.74, 6) is 0.833. The standard InChI is InChI=1S/C20H19N5O2/c1-13-17(19(21)26)18(25-20(24-13)22-12-23-25)15-7-9-16(10-8-15)27-11-14-5-3-2-4-6-14/h2-10,12,18H,11H2,1H3,(H2,21,26)(H,22,23,24)/t18-/m0/s1. The number of nitrogens with zero attached hydrogens (tertiary/aromatic N) is 3. The molecule has 136 valence electrons. The molecule has 0 aliphatic carbocycles. The molecule has 7 nitrogen and oxygen atoms in total. The molecule has 4 rings (SSSR count). The van der Waals surface area contributed by atoms with Gasteiger partial charge < -0.3 is 15.8 Å². The Kier molecular flexibility index (Phi) is 4.33. The van der Waals surface area contributed by atoms with E-state index in [1.165, 1.54) is 6.33 Å². The second-order valence-electron chi connectivity index (χ2n) is 6.30. The van der Waals surface area contributed by atoms with Crippen LogP contribution in [-0.2, 0) is 11.4 Å². The number of primary amides is 1. The molecular weight excluding hydrogens is 342 g/mol. The summed E-state index contributed by atoms with van der Waals surface area (Å²) in [5, 5.41) is 7.31. The Labute approximate surface area is 156 Å². The number of rotatable bonds is 5. The van der Waals surface area contributed by atoms with Gasteiger partial charge in [0.25, 0.3) is 0 Å². The Hall–Kier alpha value is -3.61. The van der Waals surface area contributed by atoms with Crippen LogP contribution in [0.15, 0.2) is 72.2 Å². The van der Waals surface area contributed by atoms with Gasteiger partial charge in [-0.05, 0) is 30.2 Å². The molecule has 2 aromatic carbocycles. The Morgan fingerprint density at radius 2 is 1.93 bits per heavy atom. The molecule has 0 saturated heterocycles. The fourth-order valence-corrected chi connectivity index (χ4v) is 3.21. The van der Waals surface area contributed by atoms with Crippen LogP contribution >= 0.6 is 0 Å². The number of hydrogen-bond donors (Lipinski definition) is 2. The van der Waals surface area contributed by atoms with Crippen molar-refractivity contribution in [3.63, 3.8) is 0 Å². The van der Waals surface area contributed by atoms with Gasteiger partial charge in [0.15, 0.2) is 0 Å². The molecule has 0 saturated carbocycles. The average molecular weight is 361 g/mol. The summed E-state index contributed by atoms with van der Waals surface area (Å²) in [7, 11) is 0. The largest absolute Gasteiger partial charge is 0.489 e. The van der Waals surface area contributed by atoms with Crippen LogP contribution < -0.4 is 15.8 Å². The highest BCUT2D eigenvalue weighted by molar-refractivity contribution is 5.95. The second-order valence-corrected chi connectivity index (χ2v) is 6.30. The van der Waals surface area contributed by atoms with Crippen molar-refractivity contribution in [2.45, 2.75) is 19.6 Å². The lowest BCUT2D eigenvalue weighted by molar-refractivity contribution is -0.115. The van der Waals surface area contributed by atoms with Crippen molar-refractivity contribution in [2.24, 2.45) is 5.73 Å². The summed E-state index contributed by atoms with van der Waals surface area (Å²) in [6.07, 6.45) is 1.45. The topological polar surface area (TPSA) is 95.1 Å². The highest BCUT2D eigenvalue weighted by atomic mass is 16.5. The maximum atomic E-state index is 12.0. The molecule has 1 aliphatic rings. The first-order chi connectivity index (χ1) is 13.1. The molecule has 2 heterocycles. The molecule has 0 spiro atoms. The molecular formula is C20H19N5O2. The predicted octanol–water partition coefficient (Wildman–Crippen LogP) is 2.63. The third kappa shape index (κ3) is 3.27. The zero-order valence-electron chi connectivity index (χ0n) is 14.8. The van der Waals surface area contributed by atoms with Gasteiger partial charge in [-0.1, -0.05) is 42.5 Å². The van der Waals surface area contributed by atoms with Crippen LogP contribution in [0.1, 0.15) is 24.1 Å². The normalized spacial score (nSPS) is 15.8. The second kappa shape index (κ2) is 6.95. The lowest BCUT2D eigenvalue weighted by Gasteiger charge is -2.27. The summed E-state index contributed by atoms with van der Waals surface area (Å²) in [6.45, 7) is 2.30. The number of hydrogen-bond acceptors (Lipinski definition) is 5. The van der Waals surface area contributed by atoms with E-state index in [1.807, 2.05) is 61.5 Å². The van der Waals surface area contributed by atoms with E-state index >= 15 is 0 Å². The molecule has 3 aromatic rings. The van der Waals surface area contributed by atoms with Crippen molar-refractivity contribution < 1.29 is 9.53 Å².